The number of urea groups is 1. The maximum atomic E-state index is 11.8. The lowest BCUT2D eigenvalue weighted by Crippen LogP contribution is -2.36. The number of nitrogens with zero attached hydrogens (tertiary/aromatic N) is 3. The minimum Gasteiger partial charge on any atom is -0.493 e. The number of likely N-dealkylation sites (tertiary alicyclic amines) is 1. The summed E-state index contributed by atoms with van der Waals surface area (Å²) in [6.45, 7) is 5.18. The normalized spacial score (nSPS) is 20.3. The highest BCUT2D eigenvalue weighted by atomic mass is 16.5. The summed E-state index contributed by atoms with van der Waals surface area (Å²) in [4.78, 5) is 18.1. The summed E-state index contributed by atoms with van der Waals surface area (Å²) >= 11 is 0. The SMILES string of the molecule is CC.CN1CCC2CC/C(=N/NC(=O)Nc3ccncc3)CC21.COc1ccccc1OC. The molecule has 8 heteroatoms. The molecule has 1 saturated carbocycles. The lowest BCUT2D eigenvalue weighted by atomic mass is 9.84. The summed E-state index contributed by atoms with van der Waals surface area (Å²) in [5, 5.41) is 7.02. The molecule has 1 aromatic carbocycles. The smallest absolute Gasteiger partial charge is 0.339 e. The molecule has 180 valence electrons. The standard InChI is InChI=1S/C15H21N5O.C8H10O2.C2H6/c1-20-9-6-11-2-3-13(10-14(11)20)18-19-15(21)17-12-4-7-16-8-5-12;1-9-7-5-3-4-6-8(7)10-2;1-2/h4-5,7-8,11,14H,2-3,6,9-10H2,1H3,(H2,16,17,19,21);3-6H,1-2H3;1-2H3/b18-13-;;. The Morgan fingerprint density at radius 2 is 1.70 bits per heavy atom. The van der Waals surface area contributed by atoms with E-state index >= 15 is 0 Å². The zero-order valence-electron chi connectivity index (χ0n) is 20.4. The van der Waals surface area contributed by atoms with Crippen molar-refractivity contribution in [1.29, 1.82) is 0 Å². The molecule has 2 heterocycles. The van der Waals surface area contributed by atoms with Crippen LogP contribution in [0.2, 0.25) is 0 Å². The van der Waals surface area contributed by atoms with Crippen LogP contribution in [0, 0.1) is 5.92 Å². The van der Waals surface area contributed by atoms with Crippen molar-refractivity contribution in [2.75, 3.05) is 33.1 Å². The van der Waals surface area contributed by atoms with E-state index in [1.165, 1.54) is 19.4 Å². The van der Waals surface area contributed by atoms with E-state index in [1.807, 2.05) is 38.1 Å². The first kappa shape index (κ1) is 26.1. The number of anilines is 1. The Labute approximate surface area is 197 Å². The predicted molar refractivity (Wildman–Crippen MR) is 133 cm³/mol. The molecule has 1 saturated heterocycles. The van der Waals surface area contributed by atoms with E-state index in [1.54, 1.807) is 38.7 Å². The Hall–Kier alpha value is -3.13. The summed E-state index contributed by atoms with van der Waals surface area (Å²) in [5.74, 6) is 2.34. The minimum atomic E-state index is -0.310. The van der Waals surface area contributed by atoms with Crippen molar-refractivity contribution in [3.05, 3.63) is 48.8 Å². The van der Waals surface area contributed by atoms with E-state index in [0.29, 0.717) is 11.7 Å². The summed E-state index contributed by atoms with van der Waals surface area (Å²) < 4.78 is 10.0. The van der Waals surface area contributed by atoms with E-state index < -0.39 is 0 Å². The van der Waals surface area contributed by atoms with Crippen LogP contribution in [-0.4, -0.2) is 55.5 Å². The number of carbonyl (C=O) groups excluding carboxylic acids is 1. The number of hydrogen-bond donors (Lipinski definition) is 2. The van der Waals surface area contributed by atoms with Gasteiger partial charge in [-0.1, -0.05) is 26.0 Å². The second-order valence-corrected chi connectivity index (χ2v) is 7.67. The Kier molecular flexibility index (Phi) is 11.2. The topological polar surface area (TPSA) is 88.1 Å². The highest BCUT2D eigenvalue weighted by Gasteiger charge is 2.35. The highest BCUT2D eigenvalue weighted by molar-refractivity contribution is 5.91. The molecule has 0 spiro atoms. The first-order chi connectivity index (χ1) is 16.1. The van der Waals surface area contributed by atoms with E-state index in [9.17, 15) is 4.79 Å². The number of benzene rings is 1. The Morgan fingerprint density at radius 1 is 1.06 bits per heavy atom. The molecule has 2 N–H and O–H groups in total. The van der Waals surface area contributed by atoms with Gasteiger partial charge in [0.2, 0.25) is 0 Å². The number of aromatic nitrogens is 1. The molecule has 33 heavy (non-hydrogen) atoms. The van der Waals surface area contributed by atoms with E-state index in [2.05, 4.69) is 32.8 Å². The molecule has 2 fully saturated rings. The summed E-state index contributed by atoms with van der Waals surface area (Å²) in [6, 6.07) is 11.3. The number of fused-ring (bicyclic) bond motifs is 1. The molecule has 2 unspecified atom stereocenters. The van der Waals surface area contributed by atoms with Crippen molar-refractivity contribution in [2.45, 2.75) is 45.6 Å². The number of methoxy groups -OCH3 is 2. The second-order valence-electron chi connectivity index (χ2n) is 7.67. The number of carbonyl (C=O) groups is 1. The fourth-order valence-corrected chi connectivity index (χ4v) is 4.06. The lowest BCUT2D eigenvalue weighted by molar-refractivity contribution is 0.251. The van der Waals surface area contributed by atoms with Crippen LogP contribution < -0.4 is 20.2 Å². The van der Waals surface area contributed by atoms with Crippen molar-refractivity contribution in [3.63, 3.8) is 0 Å². The fraction of sp³-hybridized carbons (Fsp3) is 0.480. The van der Waals surface area contributed by atoms with Crippen molar-refractivity contribution in [1.82, 2.24) is 15.3 Å². The summed E-state index contributed by atoms with van der Waals surface area (Å²) in [5.41, 5.74) is 4.40. The first-order valence-electron chi connectivity index (χ1n) is 11.5. The van der Waals surface area contributed by atoms with Gasteiger partial charge in [0.05, 0.1) is 14.2 Å². The number of hydrogen-bond acceptors (Lipinski definition) is 6. The van der Waals surface area contributed by atoms with Crippen molar-refractivity contribution < 1.29 is 14.3 Å². The maximum Gasteiger partial charge on any atom is 0.339 e. The van der Waals surface area contributed by atoms with Crippen LogP contribution in [0.3, 0.4) is 0 Å². The molecular weight excluding hydrogens is 418 g/mol. The largest absolute Gasteiger partial charge is 0.493 e. The second kappa shape index (κ2) is 14.1. The van der Waals surface area contributed by atoms with Crippen molar-refractivity contribution in [2.24, 2.45) is 11.0 Å². The zero-order chi connectivity index (χ0) is 24.1. The third kappa shape index (κ3) is 8.05. The van der Waals surface area contributed by atoms with Gasteiger partial charge < -0.3 is 19.7 Å². The van der Waals surface area contributed by atoms with Gasteiger partial charge in [0.15, 0.2) is 11.5 Å². The molecule has 2 amide bonds. The fourth-order valence-electron chi connectivity index (χ4n) is 4.06. The van der Waals surface area contributed by atoms with Crippen LogP contribution in [0.1, 0.15) is 39.5 Å². The van der Waals surface area contributed by atoms with E-state index in [4.69, 9.17) is 9.47 Å². The number of hydrazone groups is 1. The molecular formula is C25H37N5O3. The van der Waals surface area contributed by atoms with E-state index in [-0.39, 0.29) is 6.03 Å². The number of ether oxygens (including phenoxy) is 2. The number of nitrogens with one attached hydrogen (secondary N) is 2. The van der Waals surface area contributed by atoms with Crippen LogP contribution in [0.4, 0.5) is 10.5 Å². The molecule has 8 nitrogen and oxygen atoms in total. The van der Waals surface area contributed by atoms with Gasteiger partial charge in [0, 0.05) is 36.3 Å². The number of pyridine rings is 1. The van der Waals surface area contributed by atoms with E-state index in [0.717, 1.165) is 36.0 Å². The van der Waals surface area contributed by atoms with Crippen LogP contribution >= 0.6 is 0 Å². The molecule has 4 rings (SSSR count). The van der Waals surface area contributed by atoms with Gasteiger partial charge in [-0.3, -0.25) is 4.98 Å². The predicted octanol–water partition coefficient (Wildman–Crippen LogP) is 4.79. The Balaban J connectivity index is 0.000000270. The summed E-state index contributed by atoms with van der Waals surface area (Å²) in [6.07, 6.45) is 7.71. The molecule has 1 aromatic heterocycles. The van der Waals surface area contributed by atoms with Gasteiger partial charge in [-0.25, -0.2) is 10.2 Å². The molecule has 0 bridgehead atoms. The maximum absolute atomic E-state index is 11.8. The number of amides is 2. The lowest BCUT2D eigenvalue weighted by Gasteiger charge is -2.30. The molecule has 1 aliphatic heterocycles. The average Bonchev–Trinajstić information content (AvgIpc) is 3.25. The molecule has 1 aliphatic carbocycles. The summed E-state index contributed by atoms with van der Waals surface area (Å²) in [7, 11) is 5.42. The molecule has 2 aromatic rings. The van der Waals surface area contributed by atoms with Crippen molar-refractivity contribution >= 4 is 17.4 Å². The van der Waals surface area contributed by atoms with Gasteiger partial charge in [-0.2, -0.15) is 5.10 Å². The number of rotatable bonds is 4. The van der Waals surface area contributed by atoms with Gasteiger partial charge in [0.25, 0.3) is 0 Å². The molecule has 2 aliphatic rings. The first-order valence-corrected chi connectivity index (χ1v) is 11.5. The quantitative estimate of drug-likeness (QED) is 0.647. The van der Waals surface area contributed by atoms with Crippen LogP contribution in [0.15, 0.2) is 53.9 Å². The molecule has 2 atom stereocenters. The Bertz CT molecular complexity index is 852. The van der Waals surface area contributed by atoms with Crippen LogP contribution in [0.25, 0.3) is 0 Å². The van der Waals surface area contributed by atoms with Gasteiger partial charge in [-0.05, 0) is 63.0 Å². The van der Waals surface area contributed by atoms with Crippen molar-refractivity contribution in [3.8, 4) is 11.5 Å². The third-order valence-electron chi connectivity index (χ3n) is 5.75. The van der Waals surface area contributed by atoms with Crippen LogP contribution in [-0.2, 0) is 0 Å². The zero-order valence-corrected chi connectivity index (χ0v) is 20.4. The third-order valence-corrected chi connectivity index (χ3v) is 5.75. The highest BCUT2D eigenvalue weighted by Crippen LogP contribution is 2.34. The van der Waals surface area contributed by atoms with Crippen LogP contribution in [0.5, 0.6) is 11.5 Å². The molecule has 0 radical (unpaired) electrons. The van der Waals surface area contributed by atoms with Gasteiger partial charge >= 0.3 is 6.03 Å². The van der Waals surface area contributed by atoms with Gasteiger partial charge in [-0.15, -0.1) is 0 Å². The average molecular weight is 456 g/mol. The van der Waals surface area contributed by atoms with Gasteiger partial charge in [0.1, 0.15) is 0 Å². The monoisotopic (exact) mass is 455 g/mol. The number of para-hydroxylation sites is 2. The Morgan fingerprint density at radius 3 is 2.30 bits per heavy atom. The minimum absolute atomic E-state index is 0.310.